The maximum absolute atomic E-state index is 12.2. The third-order valence-corrected chi connectivity index (χ3v) is 3.70. The number of furan rings is 1. The molecular formula is C19H24N2O5. The van der Waals surface area contributed by atoms with E-state index in [1.54, 1.807) is 41.3 Å². The number of aliphatic hydroxyl groups excluding tert-OH is 1. The van der Waals surface area contributed by atoms with Gasteiger partial charge in [-0.2, -0.15) is 0 Å². The Bertz CT molecular complexity index is 700. The fraction of sp³-hybridized carbons (Fsp3) is 0.368. The van der Waals surface area contributed by atoms with E-state index >= 15 is 0 Å². The van der Waals surface area contributed by atoms with Crippen LogP contribution in [0.15, 0.2) is 47.1 Å². The average Bonchev–Trinajstić information content (AvgIpc) is 3.18. The molecule has 2 N–H and O–H groups in total. The molecule has 2 aromatic rings. The second-order valence-corrected chi connectivity index (χ2v) is 5.71. The van der Waals surface area contributed by atoms with Crippen molar-refractivity contribution >= 4 is 17.5 Å². The molecule has 0 saturated heterocycles. The van der Waals surface area contributed by atoms with Crippen LogP contribution in [0.4, 0.5) is 5.69 Å². The number of carbonyl (C=O) groups excluding carboxylic acids is 2. The standard InChI is InChI=1S/C19H24N2O5/c1-2-3-9-21(10-11-22)18(23)14-26-16-7-4-6-15(13-16)20-19(24)17-8-5-12-25-17/h4-8,12-13,22H,2-3,9-11,14H2,1H3,(H,20,24). The van der Waals surface area contributed by atoms with Gasteiger partial charge in [0.2, 0.25) is 0 Å². The molecule has 0 spiro atoms. The lowest BCUT2D eigenvalue weighted by atomic mass is 10.3. The number of nitrogens with one attached hydrogen (secondary N) is 1. The normalized spacial score (nSPS) is 10.4. The predicted octanol–water partition coefficient (Wildman–Crippen LogP) is 2.53. The van der Waals surface area contributed by atoms with Crippen LogP contribution in [-0.4, -0.2) is 48.1 Å². The number of aliphatic hydroxyl groups is 1. The molecule has 140 valence electrons. The van der Waals surface area contributed by atoms with Crippen molar-refractivity contribution in [1.82, 2.24) is 4.90 Å². The number of rotatable bonds is 10. The quantitative estimate of drug-likeness (QED) is 0.679. The highest BCUT2D eigenvalue weighted by molar-refractivity contribution is 6.02. The summed E-state index contributed by atoms with van der Waals surface area (Å²) in [5.41, 5.74) is 0.537. The van der Waals surface area contributed by atoms with Crippen LogP contribution < -0.4 is 10.1 Å². The maximum atomic E-state index is 12.2. The molecule has 2 rings (SSSR count). The number of benzene rings is 1. The lowest BCUT2D eigenvalue weighted by Crippen LogP contribution is -2.37. The Balaban J connectivity index is 1.91. The average molecular weight is 360 g/mol. The Labute approximate surface area is 152 Å². The molecule has 2 amide bonds. The van der Waals surface area contributed by atoms with Crippen molar-refractivity contribution in [1.29, 1.82) is 0 Å². The highest BCUT2D eigenvalue weighted by Crippen LogP contribution is 2.18. The summed E-state index contributed by atoms with van der Waals surface area (Å²) >= 11 is 0. The molecule has 0 fully saturated rings. The Hall–Kier alpha value is -2.80. The number of hydrogen-bond donors (Lipinski definition) is 2. The monoisotopic (exact) mass is 360 g/mol. The molecule has 0 unspecified atom stereocenters. The SMILES string of the molecule is CCCCN(CCO)C(=O)COc1cccc(NC(=O)c2ccco2)c1. The van der Waals surface area contributed by atoms with Crippen LogP contribution in [0.1, 0.15) is 30.3 Å². The van der Waals surface area contributed by atoms with Gasteiger partial charge in [-0.25, -0.2) is 0 Å². The van der Waals surface area contributed by atoms with Crippen molar-refractivity contribution in [2.45, 2.75) is 19.8 Å². The van der Waals surface area contributed by atoms with Crippen molar-refractivity contribution in [3.8, 4) is 5.75 Å². The fourth-order valence-corrected chi connectivity index (χ4v) is 2.33. The summed E-state index contributed by atoms with van der Waals surface area (Å²) < 4.78 is 10.6. The minimum absolute atomic E-state index is 0.0796. The van der Waals surface area contributed by atoms with Gasteiger partial charge in [-0.15, -0.1) is 0 Å². The Morgan fingerprint density at radius 3 is 2.77 bits per heavy atom. The van der Waals surface area contributed by atoms with Crippen molar-refractivity contribution < 1.29 is 23.8 Å². The van der Waals surface area contributed by atoms with Gasteiger partial charge in [0.15, 0.2) is 12.4 Å². The molecule has 0 aliphatic carbocycles. The zero-order chi connectivity index (χ0) is 18.8. The van der Waals surface area contributed by atoms with Crippen LogP contribution in [0, 0.1) is 0 Å². The first-order chi connectivity index (χ1) is 12.6. The number of unbranched alkanes of at least 4 members (excludes halogenated alkanes) is 1. The molecule has 0 atom stereocenters. The van der Waals surface area contributed by atoms with Crippen LogP contribution in [0.25, 0.3) is 0 Å². The fourth-order valence-electron chi connectivity index (χ4n) is 2.33. The van der Waals surface area contributed by atoms with Crippen molar-refractivity contribution in [2.24, 2.45) is 0 Å². The number of hydrogen-bond acceptors (Lipinski definition) is 5. The summed E-state index contributed by atoms with van der Waals surface area (Å²) in [6.07, 6.45) is 3.27. The van der Waals surface area contributed by atoms with Gasteiger partial charge in [0, 0.05) is 24.8 Å². The first-order valence-electron chi connectivity index (χ1n) is 8.60. The summed E-state index contributed by atoms with van der Waals surface area (Å²) in [7, 11) is 0. The molecule has 0 bridgehead atoms. The summed E-state index contributed by atoms with van der Waals surface area (Å²) in [6.45, 7) is 2.73. The maximum Gasteiger partial charge on any atom is 0.291 e. The van der Waals surface area contributed by atoms with E-state index < -0.39 is 0 Å². The molecule has 0 saturated carbocycles. The third-order valence-electron chi connectivity index (χ3n) is 3.70. The van der Waals surface area contributed by atoms with E-state index in [1.165, 1.54) is 6.26 Å². The van der Waals surface area contributed by atoms with Gasteiger partial charge in [-0.05, 0) is 30.7 Å². The zero-order valence-electron chi connectivity index (χ0n) is 14.8. The molecule has 0 radical (unpaired) electrons. The predicted molar refractivity (Wildman–Crippen MR) is 97.2 cm³/mol. The molecule has 0 aliphatic rings. The Kier molecular flexibility index (Phi) is 7.70. The second-order valence-electron chi connectivity index (χ2n) is 5.71. The van der Waals surface area contributed by atoms with Gasteiger partial charge in [-0.1, -0.05) is 19.4 Å². The molecule has 1 aromatic heterocycles. The van der Waals surface area contributed by atoms with Crippen LogP contribution in [0.5, 0.6) is 5.75 Å². The number of ether oxygens (including phenoxy) is 1. The molecule has 0 aliphatic heterocycles. The summed E-state index contributed by atoms with van der Waals surface area (Å²) in [5, 5.41) is 11.8. The van der Waals surface area contributed by atoms with Gasteiger partial charge in [0.25, 0.3) is 11.8 Å². The van der Waals surface area contributed by atoms with Crippen molar-refractivity contribution in [2.75, 3.05) is 31.6 Å². The molecule has 7 heteroatoms. The Morgan fingerprint density at radius 2 is 2.08 bits per heavy atom. The minimum atomic E-state index is -0.364. The number of anilines is 1. The number of carbonyl (C=O) groups is 2. The number of nitrogens with zero attached hydrogens (tertiary/aromatic N) is 1. The van der Waals surface area contributed by atoms with E-state index in [0.717, 1.165) is 12.8 Å². The second kappa shape index (κ2) is 10.2. The van der Waals surface area contributed by atoms with Gasteiger partial charge >= 0.3 is 0 Å². The summed E-state index contributed by atoms with van der Waals surface area (Å²) in [6, 6.07) is 9.99. The zero-order valence-corrected chi connectivity index (χ0v) is 14.8. The van der Waals surface area contributed by atoms with Crippen molar-refractivity contribution in [3.63, 3.8) is 0 Å². The largest absolute Gasteiger partial charge is 0.484 e. The smallest absolute Gasteiger partial charge is 0.291 e. The van der Waals surface area contributed by atoms with Crippen molar-refractivity contribution in [3.05, 3.63) is 48.4 Å². The molecular weight excluding hydrogens is 336 g/mol. The lowest BCUT2D eigenvalue weighted by molar-refractivity contribution is -0.134. The topological polar surface area (TPSA) is 92.0 Å². The van der Waals surface area contributed by atoms with Crippen LogP contribution in [-0.2, 0) is 4.79 Å². The van der Waals surface area contributed by atoms with Gasteiger partial charge in [0.05, 0.1) is 12.9 Å². The molecule has 7 nitrogen and oxygen atoms in total. The van der Waals surface area contributed by atoms with Crippen LogP contribution in [0.2, 0.25) is 0 Å². The van der Waals surface area contributed by atoms with E-state index in [1.807, 2.05) is 6.92 Å². The van der Waals surface area contributed by atoms with E-state index in [0.29, 0.717) is 24.5 Å². The molecule has 1 aromatic carbocycles. The molecule has 26 heavy (non-hydrogen) atoms. The van der Waals surface area contributed by atoms with E-state index in [9.17, 15) is 9.59 Å². The number of amides is 2. The van der Waals surface area contributed by atoms with E-state index in [2.05, 4.69) is 5.32 Å². The Morgan fingerprint density at radius 1 is 1.23 bits per heavy atom. The third kappa shape index (κ3) is 5.93. The van der Waals surface area contributed by atoms with Gasteiger partial charge in [-0.3, -0.25) is 9.59 Å². The van der Waals surface area contributed by atoms with Crippen LogP contribution in [0.3, 0.4) is 0 Å². The summed E-state index contributed by atoms with van der Waals surface area (Å²) in [5.74, 6) is 0.131. The first kappa shape index (κ1) is 19.5. The summed E-state index contributed by atoms with van der Waals surface area (Å²) in [4.78, 5) is 25.8. The minimum Gasteiger partial charge on any atom is -0.484 e. The first-order valence-corrected chi connectivity index (χ1v) is 8.60. The molecule has 1 heterocycles. The van der Waals surface area contributed by atoms with Crippen LogP contribution >= 0.6 is 0 Å². The lowest BCUT2D eigenvalue weighted by Gasteiger charge is -2.21. The van der Waals surface area contributed by atoms with Gasteiger partial charge in [0.1, 0.15) is 5.75 Å². The van der Waals surface area contributed by atoms with E-state index in [4.69, 9.17) is 14.3 Å². The van der Waals surface area contributed by atoms with Gasteiger partial charge < -0.3 is 24.5 Å². The highest BCUT2D eigenvalue weighted by atomic mass is 16.5. The van der Waals surface area contributed by atoms with E-state index in [-0.39, 0.29) is 30.8 Å². The highest BCUT2D eigenvalue weighted by Gasteiger charge is 2.14.